The van der Waals surface area contributed by atoms with Crippen molar-refractivity contribution in [3.05, 3.63) is 87.2 Å². The van der Waals surface area contributed by atoms with E-state index >= 15 is 0 Å². The van der Waals surface area contributed by atoms with E-state index in [4.69, 9.17) is 16.0 Å². The maximum atomic E-state index is 13.1. The Balaban J connectivity index is 1.62. The number of carbonyl (C=O) groups excluding carboxylic acids is 1. The lowest BCUT2D eigenvalue weighted by atomic mass is 10.2. The van der Waals surface area contributed by atoms with Crippen molar-refractivity contribution in [2.24, 2.45) is 0 Å². The van der Waals surface area contributed by atoms with E-state index in [9.17, 15) is 19.3 Å². The standard InChI is InChI=1S/C20H11ClFN3O4/c21-16-7-6-14(25(27)28)10-15(16)19(26)23-13-5-8-18-17(9-13)24-20(29-18)11-1-3-12(22)4-2-11/h1-10H,(H,23,26). The molecule has 0 aliphatic rings. The number of aromatic nitrogens is 1. The molecule has 7 nitrogen and oxygen atoms in total. The first-order chi connectivity index (χ1) is 13.9. The molecule has 0 radical (unpaired) electrons. The van der Waals surface area contributed by atoms with Crippen molar-refractivity contribution in [2.45, 2.75) is 0 Å². The fraction of sp³-hybridized carbons (Fsp3) is 0. The zero-order valence-corrected chi connectivity index (χ0v) is 15.3. The highest BCUT2D eigenvalue weighted by Gasteiger charge is 2.17. The summed E-state index contributed by atoms with van der Waals surface area (Å²) in [5, 5.41) is 13.6. The second-order valence-electron chi connectivity index (χ2n) is 6.08. The van der Waals surface area contributed by atoms with Gasteiger partial charge < -0.3 is 9.73 Å². The SMILES string of the molecule is O=C(Nc1ccc2oc(-c3ccc(F)cc3)nc2c1)c1cc([N+](=O)[O-])ccc1Cl. The summed E-state index contributed by atoms with van der Waals surface area (Å²) in [6, 6.07) is 14.2. The van der Waals surface area contributed by atoms with Gasteiger partial charge in [-0.2, -0.15) is 0 Å². The third-order valence-corrected chi connectivity index (χ3v) is 4.47. The normalized spacial score (nSPS) is 10.8. The van der Waals surface area contributed by atoms with E-state index in [1.807, 2.05) is 0 Å². The number of rotatable bonds is 4. The molecule has 0 saturated heterocycles. The Morgan fingerprint density at radius 3 is 2.59 bits per heavy atom. The van der Waals surface area contributed by atoms with Gasteiger partial charge in [0.05, 0.1) is 15.5 Å². The van der Waals surface area contributed by atoms with Gasteiger partial charge in [-0.1, -0.05) is 11.6 Å². The van der Waals surface area contributed by atoms with Gasteiger partial charge in [-0.25, -0.2) is 9.37 Å². The maximum Gasteiger partial charge on any atom is 0.270 e. The predicted molar refractivity (Wildman–Crippen MR) is 105 cm³/mol. The van der Waals surface area contributed by atoms with Crippen LogP contribution in [0.25, 0.3) is 22.6 Å². The summed E-state index contributed by atoms with van der Waals surface area (Å²) in [7, 11) is 0. The summed E-state index contributed by atoms with van der Waals surface area (Å²) in [6.07, 6.45) is 0. The number of oxazole rings is 1. The third kappa shape index (κ3) is 3.78. The van der Waals surface area contributed by atoms with E-state index in [-0.39, 0.29) is 22.1 Å². The number of nitrogens with one attached hydrogen (secondary N) is 1. The molecule has 1 aromatic heterocycles. The molecule has 0 fully saturated rings. The van der Waals surface area contributed by atoms with Gasteiger partial charge in [0, 0.05) is 23.4 Å². The molecular weight excluding hydrogens is 401 g/mol. The molecule has 0 aliphatic heterocycles. The van der Waals surface area contributed by atoms with E-state index in [2.05, 4.69) is 10.3 Å². The molecule has 4 aromatic rings. The Morgan fingerprint density at radius 1 is 1.10 bits per heavy atom. The van der Waals surface area contributed by atoms with Crippen LogP contribution in [0.2, 0.25) is 5.02 Å². The van der Waals surface area contributed by atoms with Gasteiger partial charge >= 0.3 is 0 Å². The van der Waals surface area contributed by atoms with Gasteiger partial charge in [0.15, 0.2) is 5.58 Å². The number of nitrogens with zero attached hydrogens (tertiary/aromatic N) is 2. The summed E-state index contributed by atoms with van der Waals surface area (Å²) in [5.74, 6) is -0.653. The van der Waals surface area contributed by atoms with Crippen LogP contribution in [0.15, 0.2) is 65.1 Å². The molecule has 1 N–H and O–H groups in total. The predicted octanol–water partition coefficient (Wildman–Crippen LogP) is 5.45. The third-order valence-electron chi connectivity index (χ3n) is 4.14. The first kappa shape index (κ1) is 18.6. The minimum Gasteiger partial charge on any atom is -0.436 e. The van der Waals surface area contributed by atoms with Crippen LogP contribution in [0.4, 0.5) is 15.8 Å². The summed E-state index contributed by atoms with van der Waals surface area (Å²) in [5.41, 5.74) is 1.71. The largest absolute Gasteiger partial charge is 0.436 e. The van der Waals surface area contributed by atoms with E-state index in [1.54, 1.807) is 30.3 Å². The molecule has 0 unspecified atom stereocenters. The summed E-state index contributed by atoms with van der Waals surface area (Å²) < 4.78 is 18.7. The van der Waals surface area contributed by atoms with Gasteiger partial charge in [-0.05, 0) is 48.5 Å². The number of anilines is 1. The van der Waals surface area contributed by atoms with Crippen LogP contribution in [-0.2, 0) is 0 Å². The van der Waals surface area contributed by atoms with Crippen LogP contribution < -0.4 is 5.32 Å². The van der Waals surface area contributed by atoms with Crippen molar-refractivity contribution in [1.29, 1.82) is 0 Å². The molecule has 144 valence electrons. The fourth-order valence-corrected chi connectivity index (χ4v) is 2.92. The highest BCUT2D eigenvalue weighted by Crippen LogP contribution is 2.27. The molecule has 29 heavy (non-hydrogen) atoms. The number of nitro groups is 1. The van der Waals surface area contributed by atoms with E-state index in [0.717, 1.165) is 6.07 Å². The number of hydrogen-bond acceptors (Lipinski definition) is 5. The van der Waals surface area contributed by atoms with Gasteiger partial charge in [-0.15, -0.1) is 0 Å². The van der Waals surface area contributed by atoms with Crippen molar-refractivity contribution < 1.29 is 18.5 Å². The maximum absolute atomic E-state index is 13.1. The van der Waals surface area contributed by atoms with Crippen molar-refractivity contribution in [2.75, 3.05) is 5.32 Å². The van der Waals surface area contributed by atoms with E-state index in [1.165, 1.54) is 24.3 Å². The first-order valence-corrected chi connectivity index (χ1v) is 8.70. The number of amides is 1. The lowest BCUT2D eigenvalue weighted by molar-refractivity contribution is -0.384. The molecule has 4 rings (SSSR count). The highest BCUT2D eigenvalue weighted by molar-refractivity contribution is 6.34. The highest BCUT2D eigenvalue weighted by atomic mass is 35.5. The Morgan fingerprint density at radius 2 is 1.86 bits per heavy atom. The monoisotopic (exact) mass is 411 g/mol. The van der Waals surface area contributed by atoms with Crippen LogP contribution in [0.3, 0.4) is 0 Å². The lowest BCUT2D eigenvalue weighted by Crippen LogP contribution is -2.12. The fourth-order valence-electron chi connectivity index (χ4n) is 2.72. The minimum atomic E-state index is -0.606. The number of hydrogen-bond donors (Lipinski definition) is 1. The molecule has 0 bridgehead atoms. The van der Waals surface area contributed by atoms with Gasteiger partial charge in [0.1, 0.15) is 11.3 Å². The Bertz CT molecular complexity index is 1250. The van der Waals surface area contributed by atoms with Crippen LogP contribution >= 0.6 is 11.6 Å². The van der Waals surface area contributed by atoms with Crippen LogP contribution in [0.5, 0.6) is 0 Å². The smallest absolute Gasteiger partial charge is 0.270 e. The number of nitro benzene ring substituents is 1. The molecule has 0 saturated carbocycles. The second-order valence-corrected chi connectivity index (χ2v) is 6.49. The quantitative estimate of drug-likeness (QED) is 0.355. The van der Waals surface area contributed by atoms with E-state index < -0.39 is 10.8 Å². The lowest BCUT2D eigenvalue weighted by Gasteiger charge is -2.06. The molecule has 3 aromatic carbocycles. The number of non-ortho nitro benzene ring substituents is 1. The van der Waals surface area contributed by atoms with E-state index in [0.29, 0.717) is 28.2 Å². The molecule has 1 heterocycles. The first-order valence-electron chi connectivity index (χ1n) is 8.32. The molecule has 0 aliphatic carbocycles. The molecule has 0 spiro atoms. The van der Waals surface area contributed by atoms with Crippen molar-refractivity contribution in [3.8, 4) is 11.5 Å². The van der Waals surface area contributed by atoms with Crippen LogP contribution in [-0.4, -0.2) is 15.8 Å². The Labute approximate surface area is 167 Å². The van der Waals surface area contributed by atoms with Crippen molar-refractivity contribution in [1.82, 2.24) is 4.98 Å². The number of carbonyl (C=O) groups is 1. The number of benzene rings is 3. The van der Waals surface area contributed by atoms with Crippen molar-refractivity contribution >= 4 is 40.0 Å². The Hall–Kier alpha value is -3.78. The van der Waals surface area contributed by atoms with Gasteiger partial charge in [-0.3, -0.25) is 14.9 Å². The second kappa shape index (κ2) is 7.33. The minimum absolute atomic E-state index is 0.0203. The van der Waals surface area contributed by atoms with Gasteiger partial charge in [0.25, 0.3) is 11.6 Å². The molecule has 0 atom stereocenters. The van der Waals surface area contributed by atoms with Gasteiger partial charge in [0.2, 0.25) is 5.89 Å². The molecule has 1 amide bonds. The Kier molecular flexibility index (Phi) is 4.69. The molecule has 9 heteroatoms. The zero-order valence-electron chi connectivity index (χ0n) is 14.6. The topological polar surface area (TPSA) is 98.3 Å². The zero-order chi connectivity index (χ0) is 20.5. The summed E-state index contributed by atoms with van der Waals surface area (Å²) in [6.45, 7) is 0. The average molecular weight is 412 g/mol. The number of fused-ring (bicyclic) bond motifs is 1. The summed E-state index contributed by atoms with van der Waals surface area (Å²) in [4.78, 5) is 27.2. The number of halogens is 2. The van der Waals surface area contributed by atoms with Crippen molar-refractivity contribution in [3.63, 3.8) is 0 Å². The van der Waals surface area contributed by atoms with Crippen LogP contribution in [0, 0.1) is 15.9 Å². The van der Waals surface area contributed by atoms with Crippen LogP contribution in [0.1, 0.15) is 10.4 Å². The summed E-state index contributed by atoms with van der Waals surface area (Å²) >= 11 is 6.00. The molecular formula is C20H11ClFN3O4. The average Bonchev–Trinajstić information content (AvgIpc) is 3.12.